The van der Waals surface area contributed by atoms with E-state index >= 15 is 0 Å². The molecule has 2 atom stereocenters. The summed E-state index contributed by atoms with van der Waals surface area (Å²) in [4.78, 5) is 25.8. The molecule has 0 aromatic carbocycles. The van der Waals surface area contributed by atoms with E-state index in [2.05, 4.69) is 0 Å². The smallest absolute Gasteiger partial charge is 0.410 e. The van der Waals surface area contributed by atoms with Gasteiger partial charge in [-0.2, -0.15) is 0 Å². The van der Waals surface area contributed by atoms with Gasteiger partial charge < -0.3 is 24.0 Å². The standard InChI is InChI=1S/C12H20N2O5/c1-9-7-13(9)11(15)18-5-3-17-4-6-19-12(16)14-8-10(14)2/h9-10H,3-8H2,1-2H3/t9-,10-,13?,14?/m1/s1. The molecule has 2 aliphatic heterocycles. The van der Waals surface area contributed by atoms with Crippen molar-refractivity contribution in [1.82, 2.24) is 9.80 Å². The van der Waals surface area contributed by atoms with Crippen LogP contribution >= 0.6 is 0 Å². The Balaban J connectivity index is 1.38. The van der Waals surface area contributed by atoms with Crippen LogP contribution in [0.25, 0.3) is 0 Å². The minimum atomic E-state index is -0.293. The number of hydrogen-bond acceptors (Lipinski definition) is 5. The van der Waals surface area contributed by atoms with Crippen LogP contribution in [0, 0.1) is 0 Å². The summed E-state index contributed by atoms with van der Waals surface area (Å²) in [5.41, 5.74) is 0. The van der Waals surface area contributed by atoms with E-state index in [0.29, 0.717) is 25.3 Å². The van der Waals surface area contributed by atoms with Gasteiger partial charge in [0.15, 0.2) is 0 Å². The number of carbonyl (C=O) groups is 2. The molecule has 2 aliphatic rings. The first kappa shape index (κ1) is 13.9. The quantitative estimate of drug-likeness (QED) is 0.525. The predicted octanol–water partition coefficient (Wildman–Crippen LogP) is 0.684. The maximum Gasteiger partial charge on any atom is 0.410 e. The first-order valence-corrected chi connectivity index (χ1v) is 6.54. The normalized spacial score (nSPS) is 24.1. The zero-order valence-corrected chi connectivity index (χ0v) is 11.3. The number of rotatable bonds is 6. The van der Waals surface area contributed by atoms with E-state index in [9.17, 15) is 9.59 Å². The van der Waals surface area contributed by atoms with Gasteiger partial charge in [0.05, 0.1) is 25.3 Å². The third-order valence-electron chi connectivity index (χ3n) is 3.09. The highest BCUT2D eigenvalue weighted by atomic mass is 16.6. The Morgan fingerprint density at radius 2 is 1.26 bits per heavy atom. The van der Waals surface area contributed by atoms with Crippen LogP contribution in [-0.4, -0.2) is 73.6 Å². The van der Waals surface area contributed by atoms with Crippen molar-refractivity contribution in [2.45, 2.75) is 25.9 Å². The molecule has 0 radical (unpaired) electrons. The Labute approximate surface area is 112 Å². The van der Waals surface area contributed by atoms with Gasteiger partial charge in [0.25, 0.3) is 0 Å². The lowest BCUT2D eigenvalue weighted by Crippen LogP contribution is -2.20. The SMILES string of the molecule is C[C@@H]1CN1C(=O)OCCOCCOC(=O)N1C[C@H]1C. The van der Waals surface area contributed by atoms with Gasteiger partial charge in [-0.1, -0.05) is 0 Å². The van der Waals surface area contributed by atoms with E-state index in [1.807, 2.05) is 13.8 Å². The Morgan fingerprint density at radius 1 is 0.895 bits per heavy atom. The van der Waals surface area contributed by atoms with Crippen molar-refractivity contribution in [1.29, 1.82) is 0 Å². The molecular formula is C12H20N2O5. The molecular weight excluding hydrogens is 252 g/mol. The van der Waals surface area contributed by atoms with Gasteiger partial charge in [-0.05, 0) is 13.8 Å². The van der Waals surface area contributed by atoms with E-state index in [-0.39, 0.29) is 25.4 Å². The number of ether oxygens (including phenoxy) is 3. The van der Waals surface area contributed by atoms with Crippen molar-refractivity contribution in [2.75, 3.05) is 39.5 Å². The van der Waals surface area contributed by atoms with Crippen molar-refractivity contribution >= 4 is 12.2 Å². The van der Waals surface area contributed by atoms with Gasteiger partial charge in [0, 0.05) is 13.1 Å². The fraction of sp³-hybridized carbons (Fsp3) is 0.833. The monoisotopic (exact) mass is 272 g/mol. The summed E-state index contributed by atoms with van der Waals surface area (Å²) in [6.45, 7) is 6.52. The van der Waals surface area contributed by atoms with Gasteiger partial charge >= 0.3 is 12.2 Å². The molecule has 2 heterocycles. The van der Waals surface area contributed by atoms with Gasteiger partial charge in [0.1, 0.15) is 13.2 Å². The van der Waals surface area contributed by atoms with E-state index in [0.717, 1.165) is 13.1 Å². The fourth-order valence-electron chi connectivity index (χ4n) is 1.63. The van der Waals surface area contributed by atoms with Crippen molar-refractivity contribution in [3.8, 4) is 0 Å². The summed E-state index contributed by atoms with van der Waals surface area (Å²) in [5, 5.41) is 0. The van der Waals surface area contributed by atoms with Crippen LogP contribution in [0.5, 0.6) is 0 Å². The lowest BCUT2D eigenvalue weighted by molar-refractivity contribution is 0.0393. The second-order valence-corrected chi connectivity index (χ2v) is 4.84. The topological polar surface area (TPSA) is 67.9 Å². The molecule has 0 aromatic heterocycles. The first-order valence-electron chi connectivity index (χ1n) is 6.54. The van der Waals surface area contributed by atoms with Crippen molar-refractivity contribution in [3.05, 3.63) is 0 Å². The molecule has 0 unspecified atom stereocenters. The van der Waals surface area contributed by atoms with Crippen LogP contribution in [0.1, 0.15) is 13.8 Å². The third-order valence-corrected chi connectivity index (χ3v) is 3.09. The second-order valence-electron chi connectivity index (χ2n) is 4.84. The van der Waals surface area contributed by atoms with E-state index in [4.69, 9.17) is 14.2 Å². The average molecular weight is 272 g/mol. The predicted molar refractivity (Wildman–Crippen MR) is 65.9 cm³/mol. The molecule has 7 nitrogen and oxygen atoms in total. The van der Waals surface area contributed by atoms with Crippen LogP contribution in [0.2, 0.25) is 0 Å². The van der Waals surface area contributed by atoms with Gasteiger partial charge in [-0.3, -0.25) is 0 Å². The number of amides is 2. The maximum absolute atomic E-state index is 11.3. The van der Waals surface area contributed by atoms with Crippen molar-refractivity contribution < 1.29 is 23.8 Å². The van der Waals surface area contributed by atoms with E-state index in [1.165, 1.54) is 0 Å². The summed E-state index contributed by atoms with van der Waals surface area (Å²) in [7, 11) is 0. The lowest BCUT2D eigenvalue weighted by Gasteiger charge is -2.08. The minimum absolute atomic E-state index is 0.221. The Kier molecular flexibility index (Phi) is 4.47. The van der Waals surface area contributed by atoms with E-state index < -0.39 is 0 Å². The molecule has 0 saturated carbocycles. The van der Waals surface area contributed by atoms with Crippen LogP contribution < -0.4 is 0 Å². The molecule has 7 heteroatoms. The van der Waals surface area contributed by atoms with Crippen LogP contribution in [0.15, 0.2) is 0 Å². The van der Waals surface area contributed by atoms with Gasteiger partial charge in [-0.15, -0.1) is 0 Å². The molecule has 2 saturated heterocycles. The molecule has 2 rings (SSSR count). The zero-order valence-electron chi connectivity index (χ0n) is 11.3. The fourth-order valence-corrected chi connectivity index (χ4v) is 1.63. The first-order chi connectivity index (χ1) is 9.09. The largest absolute Gasteiger partial charge is 0.447 e. The summed E-state index contributed by atoms with van der Waals surface area (Å²) >= 11 is 0. The van der Waals surface area contributed by atoms with Crippen molar-refractivity contribution in [2.24, 2.45) is 0 Å². The maximum atomic E-state index is 11.3. The second kappa shape index (κ2) is 6.10. The molecule has 2 amide bonds. The van der Waals surface area contributed by atoms with Crippen molar-refractivity contribution in [3.63, 3.8) is 0 Å². The molecule has 19 heavy (non-hydrogen) atoms. The number of hydrogen-bond donors (Lipinski definition) is 0. The molecule has 0 bridgehead atoms. The minimum Gasteiger partial charge on any atom is -0.447 e. The summed E-state index contributed by atoms with van der Waals surface area (Å²) in [6, 6.07) is 0.597. The Hall–Kier alpha value is -1.50. The summed E-state index contributed by atoms with van der Waals surface area (Å²) in [5.74, 6) is 0. The van der Waals surface area contributed by atoms with Crippen LogP contribution in [-0.2, 0) is 14.2 Å². The van der Waals surface area contributed by atoms with Gasteiger partial charge in [-0.25, -0.2) is 9.59 Å². The van der Waals surface area contributed by atoms with Crippen LogP contribution in [0.3, 0.4) is 0 Å². The third kappa shape index (κ3) is 4.27. The molecule has 0 aliphatic carbocycles. The average Bonchev–Trinajstić information content (AvgIpc) is 3.26. The molecule has 0 aromatic rings. The highest BCUT2D eigenvalue weighted by Crippen LogP contribution is 2.17. The molecule has 0 spiro atoms. The van der Waals surface area contributed by atoms with Gasteiger partial charge in [0.2, 0.25) is 0 Å². The summed E-state index contributed by atoms with van der Waals surface area (Å²) in [6.07, 6.45) is -0.587. The highest BCUT2D eigenvalue weighted by Gasteiger charge is 2.36. The van der Waals surface area contributed by atoms with Crippen LogP contribution in [0.4, 0.5) is 9.59 Å². The lowest BCUT2D eigenvalue weighted by atomic mass is 10.6. The number of nitrogens with zero attached hydrogens (tertiary/aromatic N) is 2. The molecule has 108 valence electrons. The zero-order chi connectivity index (χ0) is 13.8. The molecule has 0 N–H and O–H groups in total. The summed E-state index contributed by atoms with van der Waals surface area (Å²) < 4.78 is 15.1. The Bertz CT molecular complexity index is 317. The Morgan fingerprint density at radius 3 is 1.58 bits per heavy atom. The molecule has 2 fully saturated rings. The number of carbonyl (C=O) groups excluding carboxylic acids is 2. The highest BCUT2D eigenvalue weighted by molar-refractivity contribution is 5.71. The van der Waals surface area contributed by atoms with E-state index in [1.54, 1.807) is 9.80 Å².